The molecule has 2 rings (SSSR count). The number of ether oxygens (including phenoxy) is 1. The van der Waals surface area contributed by atoms with E-state index in [1.165, 1.54) is 12.1 Å². The van der Waals surface area contributed by atoms with Crippen molar-refractivity contribution >= 4 is 26.0 Å². The third kappa shape index (κ3) is 4.83. The van der Waals surface area contributed by atoms with E-state index in [0.717, 1.165) is 23.7 Å². The van der Waals surface area contributed by atoms with Crippen LogP contribution in [-0.4, -0.2) is 40.7 Å². The van der Waals surface area contributed by atoms with Crippen LogP contribution in [0.15, 0.2) is 35.1 Å². The van der Waals surface area contributed by atoms with Crippen molar-refractivity contribution in [2.75, 3.05) is 31.1 Å². The lowest BCUT2D eigenvalue weighted by molar-refractivity contribution is 0.0907. The highest BCUT2D eigenvalue weighted by molar-refractivity contribution is 9.10. The minimum absolute atomic E-state index is 0.270. The molecule has 21 heavy (non-hydrogen) atoms. The Labute approximate surface area is 135 Å². The van der Waals surface area contributed by atoms with Crippen LogP contribution in [0.1, 0.15) is 0 Å². The van der Waals surface area contributed by atoms with E-state index in [9.17, 15) is 4.39 Å². The summed E-state index contributed by atoms with van der Waals surface area (Å²) in [5.41, 5.74) is 0.853. The van der Waals surface area contributed by atoms with Gasteiger partial charge >= 0.3 is 0 Å². The Kier molecular flexibility index (Phi) is 5.46. The molecule has 0 amide bonds. The number of imidazole rings is 1. The van der Waals surface area contributed by atoms with Crippen LogP contribution in [0.3, 0.4) is 0 Å². The molecular weight excluding hydrogens is 355 g/mol. The van der Waals surface area contributed by atoms with E-state index < -0.39 is 10.0 Å². The molecule has 6 heteroatoms. The van der Waals surface area contributed by atoms with Gasteiger partial charge in [0, 0.05) is 28.2 Å². The zero-order chi connectivity index (χ0) is 15.5. The zero-order valence-electron chi connectivity index (χ0n) is 12.5. The topological polar surface area (TPSA) is 27.1 Å². The van der Waals surface area contributed by atoms with E-state index in [-0.39, 0.29) is 5.82 Å². The monoisotopic (exact) mass is 374 g/mol. The third-order valence-electron chi connectivity index (χ3n) is 2.96. The Balaban J connectivity index is 2.05. The van der Waals surface area contributed by atoms with Crippen LogP contribution in [0.5, 0.6) is 0 Å². The number of hydrogen-bond donors (Lipinski definition) is 0. The molecule has 0 unspecified atom stereocenters. The quantitative estimate of drug-likeness (QED) is 0.711. The molecule has 116 valence electrons. The standard InChI is InChI=1S/C15H20BrFN2OS/c1-21(2,3)9-8-20-11-19-7-6-18-15(19)13-5-4-12(17)10-14(13)16/h4-7,10H,8-9,11H2,1-3H3. The fourth-order valence-corrected chi connectivity index (χ4v) is 2.95. The highest BCUT2D eigenvalue weighted by Gasteiger charge is 2.11. The maximum absolute atomic E-state index is 13.2. The number of nitrogens with zero attached hydrogens (tertiary/aromatic N) is 2. The predicted octanol–water partition coefficient (Wildman–Crippen LogP) is 4.12. The van der Waals surface area contributed by atoms with Gasteiger partial charge in [0.2, 0.25) is 0 Å². The molecule has 0 bridgehead atoms. The Hall–Kier alpha value is -0.850. The van der Waals surface area contributed by atoms with Crippen molar-refractivity contribution in [3.05, 3.63) is 40.9 Å². The molecular formula is C15H20BrFN2OS. The number of rotatable bonds is 6. The van der Waals surface area contributed by atoms with E-state index in [2.05, 4.69) is 39.7 Å². The van der Waals surface area contributed by atoms with Crippen LogP contribution < -0.4 is 0 Å². The maximum Gasteiger partial charge on any atom is 0.142 e. The van der Waals surface area contributed by atoms with Crippen molar-refractivity contribution in [1.29, 1.82) is 0 Å². The summed E-state index contributed by atoms with van der Waals surface area (Å²) in [7, 11) is -0.538. The van der Waals surface area contributed by atoms with E-state index in [4.69, 9.17) is 4.74 Å². The van der Waals surface area contributed by atoms with Gasteiger partial charge in [0.25, 0.3) is 0 Å². The summed E-state index contributed by atoms with van der Waals surface area (Å²) in [4.78, 5) is 4.34. The zero-order valence-corrected chi connectivity index (χ0v) is 14.9. The van der Waals surface area contributed by atoms with Crippen LogP contribution in [0.25, 0.3) is 11.4 Å². The van der Waals surface area contributed by atoms with Gasteiger partial charge in [-0.25, -0.2) is 19.4 Å². The van der Waals surface area contributed by atoms with Gasteiger partial charge in [-0.05, 0) is 52.9 Å². The second kappa shape index (κ2) is 6.94. The predicted molar refractivity (Wildman–Crippen MR) is 91.5 cm³/mol. The normalized spacial score (nSPS) is 12.6. The highest BCUT2D eigenvalue weighted by Crippen LogP contribution is 2.33. The van der Waals surface area contributed by atoms with Gasteiger partial charge < -0.3 is 9.30 Å². The first-order valence-corrected chi connectivity index (χ1v) is 10.4. The minimum Gasteiger partial charge on any atom is -0.360 e. The van der Waals surface area contributed by atoms with Crippen molar-refractivity contribution in [3.63, 3.8) is 0 Å². The molecule has 0 N–H and O–H groups in total. The lowest BCUT2D eigenvalue weighted by Gasteiger charge is -2.24. The van der Waals surface area contributed by atoms with Crippen molar-refractivity contribution in [2.24, 2.45) is 0 Å². The molecule has 0 aliphatic carbocycles. The van der Waals surface area contributed by atoms with E-state index >= 15 is 0 Å². The van der Waals surface area contributed by atoms with Crippen molar-refractivity contribution in [2.45, 2.75) is 6.73 Å². The van der Waals surface area contributed by atoms with Gasteiger partial charge in [0.05, 0.1) is 6.61 Å². The fourth-order valence-electron chi connectivity index (χ4n) is 1.80. The number of aromatic nitrogens is 2. The molecule has 1 aromatic heterocycles. The van der Waals surface area contributed by atoms with Crippen LogP contribution in [0, 0.1) is 5.82 Å². The molecule has 1 heterocycles. The SMILES string of the molecule is CS(C)(C)CCOCn1ccnc1-c1ccc(F)cc1Br. The van der Waals surface area contributed by atoms with Crippen LogP contribution in [0.2, 0.25) is 0 Å². The Morgan fingerprint density at radius 1 is 1.33 bits per heavy atom. The van der Waals surface area contributed by atoms with E-state index in [0.29, 0.717) is 11.2 Å². The van der Waals surface area contributed by atoms with E-state index in [1.807, 2.05) is 10.8 Å². The number of halogens is 2. The summed E-state index contributed by atoms with van der Waals surface area (Å²) in [6.45, 7) is 1.19. The average molecular weight is 375 g/mol. The lowest BCUT2D eigenvalue weighted by atomic mass is 10.2. The summed E-state index contributed by atoms with van der Waals surface area (Å²) < 4.78 is 21.5. The Bertz CT molecular complexity index is 610. The molecule has 0 spiro atoms. The summed E-state index contributed by atoms with van der Waals surface area (Å²) in [6.07, 6.45) is 10.4. The summed E-state index contributed by atoms with van der Waals surface area (Å²) in [6, 6.07) is 4.60. The molecule has 0 aliphatic rings. The number of hydrogen-bond acceptors (Lipinski definition) is 2. The fraction of sp³-hybridized carbons (Fsp3) is 0.400. The molecule has 0 fully saturated rings. The van der Waals surface area contributed by atoms with Crippen LogP contribution in [-0.2, 0) is 11.5 Å². The van der Waals surface area contributed by atoms with Gasteiger partial charge in [-0.15, -0.1) is 0 Å². The van der Waals surface area contributed by atoms with Crippen molar-refractivity contribution in [1.82, 2.24) is 9.55 Å². The molecule has 2 aromatic rings. The molecule has 1 aromatic carbocycles. The first-order valence-electron chi connectivity index (χ1n) is 6.57. The largest absolute Gasteiger partial charge is 0.360 e. The number of benzene rings is 1. The van der Waals surface area contributed by atoms with Crippen LogP contribution >= 0.6 is 26.0 Å². The average Bonchev–Trinajstić information content (AvgIpc) is 2.82. The summed E-state index contributed by atoms with van der Waals surface area (Å²) in [5, 5.41) is 0. The maximum atomic E-state index is 13.2. The molecule has 0 saturated heterocycles. The van der Waals surface area contributed by atoms with Gasteiger partial charge in [-0.1, -0.05) is 0 Å². The minimum atomic E-state index is -0.538. The summed E-state index contributed by atoms with van der Waals surface area (Å²) >= 11 is 3.38. The molecule has 0 saturated carbocycles. The van der Waals surface area contributed by atoms with E-state index in [1.54, 1.807) is 12.3 Å². The molecule has 0 radical (unpaired) electrons. The first-order chi connectivity index (χ1) is 9.87. The van der Waals surface area contributed by atoms with Gasteiger partial charge in [-0.2, -0.15) is 0 Å². The molecule has 0 aliphatic heterocycles. The smallest absolute Gasteiger partial charge is 0.142 e. The van der Waals surface area contributed by atoms with Gasteiger partial charge in [0.15, 0.2) is 0 Å². The second-order valence-electron chi connectivity index (χ2n) is 5.68. The summed E-state index contributed by atoms with van der Waals surface area (Å²) in [5.74, 6) is 1.58. The highest BCUT2D eigenvalue weighted by atomic mass is 79.9. The molecule has 3 nitrogen and oxygen atoms in total. The lowest BCUT2D eigenvalue weighted by Crippen LogP contribution is -2.10. The Morgan fingerprint density at radius 3 is 2.76 bits per heavy atom. The third-order valence-corrected chi connectivity index (χ3v) is 5.01. The van der Waals surface area contributed by atoms with Crippen LogP contribution in [0.4, 0.5) is 4.39 Å². The van der Waals surface area contributed by atoms with Gasteiger partial charge in [0.1, 0.15) is 18.4 Å². The van der Waals surface area contributed by atoms with Crippen molar-refractivity contribution in [3.8, 4) is 11.4 Å². The second-order valence-corrected chi connectivity index (χ2v) is 11.1. The van der Waals surface area contributed by atoms with Crippen molar-refractivity contribution < 1.29 is 9.13 Å². The Morgan fingerprint density at radius 2 is 2.10 bits per heavy atom. The first kappa shape index (κ1) is 16.5. The molecule has 0 atom stereocenters. The van der Waals surface area contributed by atoms with Gasteiger partial charge in [-0.3, -0.25) is 0 Å².